The van der Waals surface area contributed by atoms with Gasteiger partial charge in [-0.3, -0.25) is 9.59 Å². The molecule has 1 aromatic heterocycles. The number of carbonyl (C=O) groups is 2. The first-order valence-corrected chi connectivity index (χ1v) is 11.5. The van der Waals surface area contributed by atoms with Crippen LogP contribution in [0.4, 0.5) is 0 Å². The van der Waals surface area contributed by atoms with Gasteiger partial charge in [0.25, 0.3) is 11.7 Å². The third-order valence-electron chi connectivity index (χ3n) is 5.81. The Morgan fingerprint density at radius 3 is 2.56 bits per heavy atom. The lowest BCUT2D eigenvalue weighted by Crippen LogP contribution is -2.31. The lowest BCUT2D eigenvalue weighted by Gasteiger charge is -2.25. The molecule has 34 heavy (non-hydrogen) atoms. The number of ketones is 1. The van der Waals surface area contributed by atoms with Gasteiger partial charge in [0.05, 0.1) is 29.6 Å². The number of carbonyl (C=O) groups excluding carboxylic acids is 2. The van der Waals surface area contributed by atoms with Crippen molar-refractivity contribution in [2.75, 3.05) is 13.2 Å². The van der Waals surface area contributed by atoms with Crippen molar-refractivity contribution in [3.63, 3.8) is 0 Å². The van der Waals surface area contributed by atoms with E-state index in [9.17, 15) is 14.7 Å². The van der Waals surface area contributed by atoms with Gasteiger partial charge in [0, 0.05) is 31.0 Å². The number of aliphatic hydroxyl groups excluding tert-OH is 1. The zero-order chi connectivity index (χ0) is 24.2. The van der Waals surface area contributed by atoms with Crippen molar-refractivity contribution in [1.82, 2.24) is 14.5 Å². The fraction of sp³-hybridized carbons (Fsp3) is 0.269. The largest absolute Gasteiger partial charge is 0.507 e. The van der Waals surface area contributed by atoms with Gasteiger partial charge in [0.15, 0.2) is 0 Å². The Balaban J connectivity index is 1.73. The molecule has 0 radical (unpaired) electrons. The van der Waals surface area contributed by atoms with E-state index in [0.717, 1.165) is 11.1 Å². The van der Waals surface area contributed by atoms with Gasteiger partial charge in [-0.05, 0) is 44.0 Å². The molecule has 3 aromatic rings. The minimum atomic E-state index is -0.712. The van der Waals surface area contributed by atoms with Crippen LogP contribution in [0.3, 0.4) is 0 Å². The van der Waals surface area contributed by atoms with Crippen molar-refractivity contribution >= 4 is 29.1 Å². The molecule has 2 aromatic carbocycles. The van der Waals surface area contributed by atoms with Crippen molar-refractivity contribution in [1.29, 1.82) is 0 Å². The number of aryl methyl sites for hydroxylation is 2. The summed E-state index contributed by atoms with van der Waals surface area (Å²) >= 11 is 6.31. The maximum absolute atomic E-state index is 13.1. The molecule has 1 fully saturated rings. The number of benzene rings is 2. The first-order valence-electron chi connectivity index (χ1n) is 11.1. The van der Waals surface area contributed by atoms with Crippen molar-refractivity contribution in [2.24, 2.45) is 0 Å². The Morgan fingerprint density at radius 2 is 1.91 bits per heavy atom. The monoisotopic (exact) mass is 479 g/mol. The zero-order valence-electron chi connectivity index (χ0n) is 19.1. The fourth-order valence-corrected chi connectivity index (χ4v) is 4.36. The highest BCUT2D eigenvalue weighted by molar-refractivity contribution is 6.46. The van der Waals surface area contributed by atoms with Crippen LogP contribution in [0.5, 0.6) is 5.75 Å². The summed E-state index contributed by atoms with van der Waals surface area (Å²) in [6, 6.07) is 11.7. The normalized spacial score (nSPS) is 17.4. The highest BCUT2D eigenvalue weighted by atomic mass is 35.5. The molecule has 1 saturated heterocycles. The molecule has 1 aliphatic rings. The molecule has 1 amide bonds. The number of halogens is 1. The van der Waals surface area contributed by atoms with Gasteiger partial charge in [-0.1, -0.05) is 41.4 Å². The SMILES string of the molecule is CCOc1ccc(C(O)=C2C(=O)C(=O)N(CCCn3ccnc3)C2c2ccc(C)cc2)cc1Cl. The number of ether oxygens (including phenoxy) is 1. The number of nitrogens with zero attached hydrogens (tertiary/aromatic N) is 3. The van der Waals surface area contributed by atoms with Crippen LogP contribution in [0.1, 0.15) is 36.1 Å². The summed E-state index contributed by atoms with van der Waals surface area (Å²) in [7, 11) is 0. The minimum Gasteiger partial charge on any atom is -0.507 e. The fourth-order valence-electron chi connectivity index (χ4n) is 4.12. The maximum Gasteiger partial charge on any atom is 0.295 e. The molecule has 176 valence electrons. The summed E-state index contributed by atoms with van der Waals surface area (Å²) in [5, 5.41) is 11.5. The standard InChI is InChI=1S/C26H26ClN3O4/c1-3-34-21-10-9-19(15-20(21)27)24(31)22-23(18-7-5-17(2)6-8-18)30(26(33)25(22)32)13-4-12-29-14-11-28-16-29/h5-11,14-16,23,31H,3-4,12-13H2,1-2H3. The Bertz CT molecular complexity index is 1220. The van der Waals surface area contributed by atoms with E-state index >= 15 is 0 Å². The van der Waals surface area contributed by atoms with Crippen molar-refractivity contribution in [2.45, 2.75) is 32.9 Å². The first kappa shape index (κ1) is 23.6. The van der Waals surface area contributed by atoms with Gasteiger partial charge in [0.1, 0.15) is 11.5 Å². The topological polar surface area (TPSA) is 84.7 Å². The number of likely N-dealkylation sites (tertiary alicyclic amines) is 1. The molecule has 1 N–H and O–H groups in total. The number of imidazole rings is 1. The van der Waals surface area contributed by atoms with Gasteiger partial charge in [-0.25, -0.2) is 4.98 Å². The van der Waals surface area contributed by atoms with Crippen LogP contribution in [0.25, 0.3) is 5.76 Å². The number of aliphatic hydroxyl groups is 1. The molecule has 0 bridgehead atoms. The molecule has 1 unspecified atom stereocenters. The smallest absolute Gasteiger partial charge is 0.295 e. The molecular weight excluding hydrogens is 454 g/mol. The Kier molecular flexibility index (Phi) is 7.03. The number of aromatic nitrogens is 2. The van der Waals surface area contributed by atoms with E-state index in [1.165, 1.54) is 4.90 Å². The summed E-state index contributed by atoms with van der Waals surface area (Å²) in [6.07, 6.45) is 5.88. The third kappa shape index (κ3) is 4.70. The van der Waals surface area contributed by atoms with E-state index in [1.54, 1.807) is 30.7 Å². The highest BCUT2D eigenvalue weighted by Crippen LogP contribution is 2.40. The average molecular weight is 480 g/mol. The van der Waals surface area contributed by atoms with E-state index in [2.05, 4.69) is 4.98 Å². The molecule has 7 nitrogen and oxygen atoms in total. The molecule has 2 heterocycles. The average Bonchev–Trinajstić information content (AvgIpc) is 3.43. The molecule has 1 aliphatic heterocycles. The second-order valence-electron chi connectivity index (χ2n) is 8.14. The van der Waals surface area contributed by atoms with Crippen LogP contribution in [-0.2, 0) is 16.1 Å². The predicted octanol–water partition coefficient (Wildman–Crippen LogP) is 4.76. The van der Waals surface area contributed by atoms with Gasteiger partial charge in [0.2, 0.25) is 0 Å². The van der Waals surface area contributed by atoms with E-state index < -0.39 is 17.7 Å². The third-order valence-corrected chi connectivity index (χ3v) is 6.11. The molecule has 4 rings (SSSR count). The van der Waals surface area contributed by atoms with Crippen LogP contribution in [0.15, 0.2) is 66.8 Å². The summed E-state index contributed by atoms with van der Waals surface area (Å²) in [5.41, 5.74) is 2.21. The summed E-state index contributed by atoms with van der Waals surface area (Å²) in [5.74, 6) is -1.12. The van der Waals surface area contributed by atoms with Gasteiger partial charge >= 0.3 is 0 Å². The molecule has 0 spiro atoms. The number of hydrogen-bond donors (Lipinski definition) is 1. The Hall–Kier alpha value is -3.58. The van der Waals surface area contributed by atoms with Gasteiger partial charge in [-0.15, -0.1) is 0 Å². The van der Waals surface area contributed by atoms with E-state index in [0.29, 0.717) is 42.5 Å². The van der Waals surface area contributed by atoms with Gasteiger partial charge < -0.3 is 19.3 Å². The lowest BCUT2D eigenvalue weighted by atomic mass is 9.94. The van der Waals surface area contributed by atoms with E-state index in [-0.39, 0.29) is 11.3 Å². The van der Waals surface area contributed by atoms with Crippen LogP contribution in [-0.4, -0.2) is 44.4 Å². The van der Waals surface area contributed by atoms with E-state index in [1.807, 2.05) is 48.9 Å². The van der Waals surface area contributed by atoms with Gasteiger partial charge in [-0.2, -0.15) is 0 Å². The van der Waals surface area contributed by atoms with Crippen LogP contribution in [0.2, 0.25) is 5.02 Å². The van der Waals surface area contributed by atoms with Crippen LogP contribution in [0, 0.1) is 6.92 Å². The lowest BCUT2D eigenvalue weighted by molar-refractivity contribution is -0.139. The van der Waals surface area contributed by atoms with E-state index in [4.69, 9.17) is 16.3 Å². The Morgan fingerprint density at radius 1 is 1.15 bits per heavy atom. The number of amides is 1. The summed E-state index contributed by atoms with van der Waals surface area (Å²) in [6.45, 7) is 5.26. The first-order chi connectivity index (χ1) is 16.4. The highest BCUT2D eigenvalue weighted by Gasteiger charge is 2.45. The summed E-state index contributed by atoms with van der Waals surface area (Å²) in [4.78, 5) is 31.8. The second-order valence-corrected chi connectivity index (χ2v) is 8.54. The minimum absolute atomic E-state index is 0.0525. The molecular formula is C26H26ClN3O4. The molecule has 1 atom stereocenters. The van der Waals surface area contributed by atoms with Crippen LogP contribution >= 0.6 is 11.6 Å². The zero-order valence-corrected chi connectivity index (χ0v) is 19.8. The van der Waals surface area contributed by atoms with Crippen molar-refractivity contribution in [3.8, 4) is 5.75 Å². The van der Waals surface area contributed by atoms with Crippen LogP contribution < -0.4 is 4.74 Å². The number of rotatable bonds is 8. The quantitative estimate of drug-likeness (QED) is 0.286. The van der Waals surface area contributed by atoms with Crippen molar-refractivity contribution < 1.29 is 19.4 Å². The molecule has 0 aliphatic carbocycles. The molecule has 8 heteroatoms. The predicted molar refractivity (Wildman–Crippen MR) is 130 cm³/mol. The Labute approximate surface area is 203 Å². The van der Waals surface area contributed by atoms with Crippen molar-refractivity contribution in [3.05, 3.63) is 88.5 Å². The number of Topliss-reactive ketones (excluding diaryl/α,β-unsaturated/α-hetero) is 1. The second kappa shape index (κ2) is 10.1. The summed E-state index contributed by atoms with van der Waals surface area (Å²) < 4.78 is 7.38. The molecule has 0 saturated carbocycles. The maximum atomic E-state index is 13.1. The number of hydrogen-bond acceptors (Lipinski definition) is 5.